The smallest absolute Gasteiger partial charge is 0.264 e. The summed E-state index contributed by atoms with van der Waals surface area (Å²) in [4.78, 5) is 25.7. The van der Waals surface area contributed by atoms with E-state index in [9.17, 15) is 18.0 Å². The molecule has 0 aliphatic rings. The number of hydrogen-bond donors (Lipinski definition) is 2. The van der Waals surface area contributed by atoms with Crippen molar-refractivity contribution in [1.82, 2.24) is 5.32 Å². The number of amides is 2. The summed E-state index contributed by atoms with van der Waals surface area (Å²) < 4.78 is 27.9. The first-order valence-electron chi connectivity index (χ1n) is 11.1. The zero-order valence-electron chi connectivity index (χ0n) is 19.3. The van der Waals surface area contributed by atoms with Crippen LogP contribution in [0.25, 0.3) is 0 Å². The second kappa shape index (κ2) is 11.5. The summed E-state index contributed by atoms with van der Waals surface area (Å²) >= 11 is 0. The van der Waals surface area contributed by atoms with Crippen molar-refractivity contribution in [3.05, 3.63) is 90.0 Å². The summed E-state index contributed by atoms with van der Waals surface area (Å²) in [5.41, 5.74) is 1.88. The molecule has 3 aromatic rings. The first-order chi connectivity index (χ1) is 16.3. The maximum atomic E-state index is 13.4. The van der Waals surface area contributed by atoms with Gasteiger partial charge >= 0.3 is 0 Å². The predicted molar refractivity (Wildman–Crippen MR) is 134 cm³/mol. The van der Waals surface area contributed by atoms with Gasteiger partial charge in [0.15, 0.2) is 0 Å². The van der Waals surface area contributed by atoms with Gasteiger partial charge in [-0.25, -0.2) is 8.42 Å². The molecule has 0 fully saturated rings. The summed E-state index contributed by atoms with van der Waals surface area (Å²) in [6.45, 7) is 3.97. The SMILES string of the molecule is CCCCNC(=O)c1ccccc1NC(=O)CN(c1cccc(C)c1)S(=O)(=O)c1ccccc1. The third-order valence-electron chi connectivity index (χ3n) is 5.17. The van der Waals surface area contributed by atoms with E-state index in [0.717, 1.165) is 22.7 Å². The van der Waals surface area contributed by atoms with E-state index in [1.54, 1.807) is 60.7 Å². The lowest BCUT2D eigenvalue weighted by Crippen LogP contribution is -2.38. The zero-order valence-corrected chi connectivity index (χ0v) is 20.1. The summed E-state index contributed by atoms with van der Waals surface area (Å²) in [6, 6.07) is 21.6. The van der Waals surface area contributed by atoms with E-state index >= 15 is 0 Å². The predicted octanol–water partition coefficient (Wildman–Crippen LogP) is 4.36. The van der Waals surface area contributed by atoms with Gasteiger partial charge in [-0.15, -0.1) is 0 Å². The van der Waals surface area contributed by atoms with Crippen LogP contribution in [0.1, 0.15) is 35.7 Å². The molecule has 0 aromatic heterocycles. The van der Waals surface area contributed by atoms with Gasteiger partial charge in [0, 0.05) is 6.54 Å². The number of nitrogens with one attached hydrogen (secondary N) is 2. The Morgan fingerprint density at radius 1 is 0.912 bits per heavy atom. The highest BCUT2D eigenvalue weighted by Crippen LogP contribution is 2.25. The summed E-state index contributed by atoms with van der Waals surface area (Å²) in [6.07, 6.45) is 1.80. The quantitative estimate of drug-likeness (QED) is 0.423. The third-order valence-corrected chi connectivity index (χ3v) is 6.96. The molecule has 0 unspecified atom stereocenters. The highest BCUT2D eigenvalue weighted by molar-refractivity contribution is 7.92. The van der Waals surface area contributed by atoms with Crippen LogP contribution in [-0.2, 0) is 14.8 Å². The van der Waals surface area contributed by atoms with E-state index in [-0.39, 0.29) is 10.8 Å². The Hall–Kier alpha value is -3.65. The Labute approximate surface area is 200 Å². The van der Waals surface area contributed by atoms with Crippen LogP contribution in [0.3, 0.4) is 0 Å². The first kappa shape index (κ1) is 25.0. The van der Waals surface area contributed by atoms with Crippen molar-refractivity contribution < 1.29 is 18.0 Å². The lowest BCUT2D eigenvalue weighted by atomic mass is 10.1. The van der Waals surface area contributed by atoms with Gasteiger partial charge in [0.25, 0.3) is 15.9 Å². The van der Waals surface area contributed by atoms with Crippen molar-refractivity contribution in [1.29, 1.82) is 0 Å². The molecule has 34 heavy (non-hydrogen) atoms. The lowest BCUT2D eigenvalue weighted by molar-refractivity contribution is -0.114. The highest BCUT2D eigenvalue weighted by Gasteiger charge is 2.27. The van der Waals surface area contributed by atoms with Crippen LogP contribution in [0.15, 0.2) is 83.8 Å². The Kier molecular flexibility index (Phi) is 8.43. The highest BCUT2D eigenvalue weighted by atomic mass is 32.2. The number of carbonyl (C=O) groups is 2. The Morgan fingerprint density at radius 3 is 2.32 bits per heavy atom. The van der Waals surface area contributed by atoms with Gasteiger partial charge in [0.2, 0.25) is 5.91 Å². The van der Waals surface area contributed by atoms with Crippen LogP contribution in [-0.4, -0.2) is 33.3 Å². The largest absolute Gasteiger partial charge is 0.352 e. The van der Waals surface area contributed by atoms with Crippen LogP contribution >= 0.6 is 0 Å². The molecule has 0 aliphatic carbocycles. The summed E-state index contributed by atoms with van der Waals surface area (Å²) in [5, 5.41) is 5.55. The Balaban J connectivity index is 1.87. The Morgan fingerprint density at radius 2 is 1.62 bits per heavy atom. The standard InChI is InChI=1S/C26H29N3O4S/c1-3-4-17-27-26(31)23-15-8-9-16-24(23)28-25(30)19-29(21-12-10-11-20(2)18-21)34(32,33)22-13-6-5-7-14-22/h5-16,18H,3-4,17,19H2,1-2H3,(H,27,31)(H,28,30). The van der Waals surface area contributed by atoms with Crippen molar-refractivity contribution in [2.24, 2.45) is 0 Å². The monoisotopic (exact) mass is 479 g/mol. The van der Waals surface area contributed by atoms with Crippen LogP contribution in [0, 0.1) is 6.92 Å². The van der Waals surface area contributed by atoms with Gasteiger partial charge in [0.05, 0.1) is 21.8 Å². The number of benzene rings is 3. The number of sulfonamides is 1. The van der Waals surface area contributed by atoms with Gasteiger partial charge < -0.3 is 10.6 Å². The van der Waals surface area contributed by atoms with Gasteiger partial charge in [-0.2, -0.15) is 0 Å². The van der Waals surface area contributed by atoms with Gasteiger partial charge in [-0.3, -0.25) is 13.9 Å². The number of aryl methyl sites for hydroxylation is 1. The zero-order chi connectivity index (χ0) is 24.6. The molecule has 8 heteroatoms. The lowest BCUT2D eigenvalue weighted by Gasteiger charge is -2.24. The molecule has 3 rings (SSSR count). The molecule has 2 N–H and O–H groups in total. The summed E-state index contributed by atoms with van der Waals surface area (Å²) in [7, 11) is -4.01. The Bertz CT molecular complexity index is 1240. The van der Waals surface area contributed by atoms with Gasteiger partial charge in [-0.1, -0.05) is 55.8 Å². The van der Waals surface area contributed by atoms with Crippen LogP contribution in [0.2, 0.25) is 0 Å². The average Bonchev–Trinajstić information content (AvgIpc) is 2.83. The molecule has 7 nitrogen and oxygen atoms in total. The molecule has 0 heterocycles. The van der Waals surface area contributed by atoms with Gasteiger partial charge in [0.1, 0.15) is 6.54 Å². The number of carbonyl (C=O) groups excluding carboxylic acids is 2. The number of rotatable bonds is 10. The fraction of sp³-hybridized carbons (Fsp3) is 0.231. The van der Waals surface area contributed by atoms with E-state index in [0.29, 0.717) is 23.5 Å². The molecule has 178 valence electrons. The molecule has 0 aliphatic heterocycles. The normalized spacial score (nSPS) is 11.0. The minimum atomic E-state index is -4.01. The molecule has 0 radical (unpaired) electrons. The fourth-order valence-electron chi connectivity index (χ4n) is 3.40. The molecular weight excluding hydrogens is 450 g/mol. The van der Waals surface area contributed by atoms with Crippen molar-refractivity contribution >= 4 is 33.2 Å². The van der Waals surface area contributed by atoms with Crippen LogP contribution < -0.4 is 14.9 Å². The number of para-hydroxylation sites is 1. The number of nitrogens with zero attached hydrogens (tertiary/aromatic N) is 1. The van der Waals surface area contributed by atoms with Crippen molar-refractivity contribution in [2.75, 3.05) is 22.7 Å². The molecule has 0 bridgehead atoms. The second-order valence-electron chi connectivity index (χ2n) is 7.87. The molecule has 0 atom stereocenters. The maximum absolute atomic E-state index is 13.4. The average molecular weight is 480 g/mol. The number of hydrogen-bond acceptors (Lipinski definition) is 4. The van der Waals surface area contributed by atoms with E-state index in [4.69, 9.17) is 0 Å². The van der Waals surface area contributed by atoms with Gasteiger partial charge in [-0.05, 0) is 55.3 Å². The maximum Gasteiger partial charge on any atom is 0.264 e. The van der Waals surface area contributed by atoms with Crippen LogP contribution in [0.5, 0.6) is 0 Å². The van der Waals surface area contributed by atoms with Crippen molar-refractivity contribution in [2.45, 2.75) is 31.6 Å². The minimum Gasteiger partial charge on any atom is -0.352 e. The molecule has 0 spiro atoms. The topological polar surface area (TPSA) is 95.6 Å². The molecule has 0 saturated heterocycles. The van der Waals surface area contributed by atoms with E-state index in [1.165, 1.54) is 12.1 Å². The van der Waals surface area contributed by atoms with Crippen molar-refractivity contribution in [3.8, 4) is 0 Å². The minimum absolute atomic E-state index is 0.0833. The van der Waals surface area contributed by atoms with Crippen LogP contribution in [0.4, 0.5) is 11.4 Å². The molecule has 0 saturated carbocycles. The number of anilines is 2. The second-order valence-corrected chi connectivity index (χ2v) is 9.73. The molecule has 2 amide bonds. The number of unbranched alkanes of at least 4 members (excludes halogenated alkanes) is 1. The molecule has 3 aromatic carbocycles. The van der Waals surface area contributed by atoms with Crippen molar-refractivity contribution in [3.63, 3.8) is 0 Å². The third kappa shape index (κ3) is 6.23. The molecular formula is C26H29N3O4S. The first-order valence-corrected chi connectivity index (χ1v) is 12.6. The van der Waals surface area contributed by atoms with E-state index < -0.39 is 22.5 Å². The summed E-state index contributed by atoms with van der Waals surface area (Å²) in [5.74, 6) is -0.855. The van der Waals surface area contributed by atoms with E-state index in [2.05, 4.69) is 10.6 Å². The fourth-order valence-corrected chi connectivity index (χ4v) is 4.84. The van der Waals surface area contributed by atoms with E-state index in [1.807, 2.05) is 19.9 Å².